The molecule has 3 heterocycles. The minimum atomic E-state index is -0.895. The van der Waals surface area contributed by atoms with Gasteiger partial charge in [0.2, 0.25) is 5.78 Å². The molecule has 0 fully saturated rings. The molecule has 0 saturated heterocycles. The second kappa shape index (κ2) is 4.87. The van der Waals surface area contributed by atoms with E-state index in [1.54, 1.807) is 12.3 Å². The number of ketones is 1. The number of aromatic nitrogens is 3. The number of aryl methyl sites for hydroxylation is 1. The van der Waals surface area contributed by atoms with Gasteiger partial charge in [-0.1, -0.05) is 0 Å². The molecule has 3 aromatic heterocycles. The van der Waals surface area contributed by atoms with Crippen LogP contribution in [0.2, 0.25) is 0 Å². The number of rotatable bonds is 3. The molecule has 20 heavy (non-hydrogen) atoms. The van der Waals surface area contributed by atoms with E-state index in [9.17, 15) is 10.1 Å². The van der Waals surface area contributed by atoms with Crippen LogP contribution >= 0.6 is 11.3 Å². The Kier molecular flexibility index (Phi) is 3.05. The number of nitrogens with zero attached hydrogens (tertiary/aromatic N) is 3. The zero-order valence-corrected chi connectivity index (χ0v) is 11.4. The summed E-state index contributed by atoms with van der Waals surface area (Å²) in [5, 5.41) is 12.5. The largest absolute Gasteiger partial charge is 0.346 e. The number of nitrogens with one attached hydrogen (secondary N) is 1. The number of hydrogen-bond acceptors (Lipinski definition) is 5. The topological polar surface area (TPSA) is 82.4 Å². The summed E-state index contributed by atoms with van der Waals surface area (Å²) in [4.78, 5) is 23.9. The normalized spacial score (nSPS) is 12.2. The van der Waals surface area contributed by atoms with Crippen molar-refractivity contribution < 1.29 is 4.79 Å². The minimum absolute atomic E-state index is 0.277. The number of Topliss-reactive ketones (excluding diaryl/α,β-unsaturated/α-hetero) is 1. The van der Waals surface area contributed by atoms with Gasteiger partial charge < -0.3 is 4.98 Å². The van der Waals surface area contributed by atoms with Crippen molar-refractivity contribution in [3.8, 4) is 6.07 Å². The fourth-order valence-corrected chi connectivity index (χ4v) is 2.78. The highest BCUT2D eigenvalue weighted by atomic mass is 32.1. The molecule has 3 rings (SSSR count). The number of carbonyl (C=O) groups excluding carboxylic acids is 1. The van der Waals surface area contributed by atoms with E-state index in [0.717, 1.165) is 11.1 Å². The molecule has 0 radical (unpaired) electrons. The molecule has 98 valence electrons. The van der Waals surface area contributed by atoms with Crippen LogP contribution in [-0.2, 0) is 0 Å². The lowest BCUT2D eigenvalue weighted by Gasteiger charge is -2.04. The van der Waals surface area contributed by atoms with Crippen molar-refractivity contribution in [1.82, 2.24) is 15.0 Å². The van der Waals surface area contributed by atoms with E-state index in [0.29, 0.717) is 10.7 Å². The average Bonchev–Trinajstić information content (AvgIpc) is 3.07. The third-order valence-corrected chi connectivity index (χ3v) is 3.96. The summed E-state index contributed by atoms with van der Waals surface area (Å²) in [7, 11) is 0. The van der Waals surface area contributed by atoms with Crippen molar-refractivity contribution in [2.75, 3.05) is 0 Å². The van der Waals surface area contributed by atoms with Gasteiger partial charge in [0.05, 0.1) is 6.07 Å². The van der Waals surface area contributed by atoms with Crippen LogP contribution in [0.4, 0.5) is 0 Å². The van der Waals surface area contributed by atoms with Crippen molar-refractivity contribution in [2.24, 2.45) is 0 Å². The second-order valence-corrected chi connectivity index (χ2v) is 5.26. The minimum Gasteiger partial charge on any atom is -0.346 e. The van der Waals surface area contributed by atoms with E-state index in [4.69, 9.17) is 0 Å². The van der Waals surface area contributed by atoms with Gasteiger partial charge in [-0.05, 0) is 25.1 Å². The van der Waals surface area contributed by atoms with Crippen LogP contribution in [0.15, 0.2) is 29.8 Å². The fourth-order valence-electron chi connectivity index (χ4n) is 1.95. The van der Waals surface area contributed by atoms with Crippen molar-refractivity contribution in [3.63, 3.8) is 0 Å². The average molecular weight is 282 g/mol. The quantitative estimate of drug-likeness (QED) is 0.749. The molecule has 1 atom stereocenters. The summed E-state index contributed by atoms with van der Waals surface area (Å²) in [6, 6.07) is 7.35. The molecule has 5 nitrogen and oxygen atoms in total. The lowest BCUT2D eigenvalue weighted by molar-refractivity contribution is 0.0974. The molecular formula is C14H10N4OS. The molecule has 0 spiro atoms. The van der Waals surface area contributed by atoms with Crippen LogP contribution in [0.5, 0.6) is 0 Å². The van der Waals surface area contributed by atoms with E-state index in [1.807, 2.05) is 30.5 Å². The predicted octanol–water partition coefficient (Wildman–Crippen LogP) is 2.82. The first-order valence-electron chi connectivity index (χ1n) is 5.99. The van der Waals surface area contributed by atoms with Crippen molar-refractivity contribution in [3.05, 3.63) is 46.2 Å². The molecule has 1 N–H and O–H groups in total. The Balaban J connectivity index is 1.99. The molecule has 0 unspecified atom stereocenters. The summed E-state index contributed by atoms with van der Waals surface area (Å²) < 4.78 is 0. The summed E-state index contributed by atoms with van der Waals surface area (Å²) in [6.07, 6.45) is 1.76. The SMILES string of the molecule is Cc1csc([C@H](C#N)C(=O)c2ccc3cc[nH]c3n2)n1. The molecule has 0 saturated carbocycles. The lowest BCUT2D eigenvalue weighted by atomic mass is 10.0. The van der Waals surface area contributed by atoms with Crippen LogP contribution in [0.25, 0.3) is 11.0 Å². The number of hydrogen-bond donors (Lipinski definition) is 1. The molecule has 3 aromatic rings. The molecule has 0 amide bonds. The van der Waals surface area contributed by atoms with Crippen LogP contribution in [0.3, 0.4) is 0 Å². The van der Waals surface area contributed by atoms with Gasteiger partial charge in [0, 0.05) is 22.7 Å². The molecule has 0 aromatic carbocycles. The second-order valence-electron chi connectivity index (χ2n) is 4.37. The van der Waals surface area contributed by atoms with Gasteiger partial charge in [-0.3, -0.25) is 4.79 Å². The van der Waals surface area contributed by atoms with Gasteiger partial charge in [-0.2, -0.15) is 5.26 Å². The predicted molar refractivity (Wildman–Crippen MR) is 75.6 cm³/mol. The first-order chi connectivity index (χ1) is 9.69. The van der Waals surface area contributed by atoms with E-state index < -0.39 is 5.92 Å². The van der Waals surface area contributed by atoms with Crippen LogP contribution in [0, 0.1) is 18.3 Å². The third kappa shape index (κ3) is 2.08. The highest BCUT2D eigenvalue weighted by Crippen LogP contribution is 2.24. The Morgan fingerprint density at radius 2 is 2.25 bits per heavy atom. The summed E-state index contributed by atoms with van der Waals surface area (Å²) >= 11 is 1.32. The number of pyridine rings is 1. The van der Waals surface area contributed by atoms with E-state index in [1.165, 1.54) is 11.3 Å². The summed E-state index contributed by atoms with van der Waals surface area (Å²) in [6.45, 7) is 1.84. The number of aromatic amines is 1. The molecule has 6 heteroatoms. The van der Waals surface area contributed by atoms with Crippen molar-refractivity contribution >= 4 is 28.2 Å². The Labute approximate surface area is 118 Å². The summed E-state index contributed by atoms with van der Waals surface area (Å²) in [5.74, 6) is -1.22. The zero-order valence-electron chi connectivity index (χ0n) is 10.6. The smallest absolute Gasteiger partial charge is 0.205 e. The number of carbonyl (C=O) groups is 1. The standard InChI is InChI=1S/C14H10N4OS/c1-8-7-20-14(17-8)10(6-15)12(19)11-3-2-9-4-5-16-13(9)18-11/h2-5,7,10H,1H3,(H,16,18)/t10-/m1/s1. The first kappa shape index (κ1) is 12.5. The summed E-state index contributed by atoms with van der Waals surface area (Å²) in [5.41, 5.74) is 1.73. The van der Waals surface area contributed by atoms with E-state index in [-0.39, 0.29) is 11.5 Å². The maximum atomic E-state index is 12.4. The first-order valence-corrected chi connectivity index (χ1v) is 6.87. The van der Waals surface area contributed by atoms with E-state index >= 15 is 0 Å². The lowest BCUT2D eigenvalue weighted by Crippen LogP contribution is -2.12. The van der Waals surface area contributed by atoms with Crippen molar-refractivity contribution in [1.29, 1.82) is 5.26 Å². The van der Waals surface area contributed by atoms with Gasteiger partial charge in [0.15, 0.2) is 5.92 Å². The van der Waals surface area contributed by atoms with Gasteiger partial charge >= 0.3 is 0 Å². The van der Waals surface area contributed by atoms with Crippen LogP contribution in [0.1, 0.15) is 27.1 Å². The molecule has 0 aliphatic rings. The number of thiazole rings is 1. The van der Waals surface area contributed by atoms with Gasteiger partial charge in [-0.15, -0.1) is 11.3 Å². The van der Waals surface area contributed by atoms with Crippen LogP contribution < -0.4 is 0 Å². The Hall–Kier alpha value is -2.52. The van der Waals surface area contributed by atoms with Crippen molar-refractivity contribution in [2.45, 2.75) is 12.8 Å². The van der Waals surface area contributed by atoms with Gasteiger partial charge in [0.1, 0.15) is 16.3 Å². The molecular weight excluding hydrogens is 272 g/mol. The third-order valence-electron chi connectivity index (χ3n) is 2.94. The van der Waals surface area contributed by atoms with Crippen LogP contribution in [-0.4, -0.2) is 20.7 Å². The molecule has 0 bridgehead atoms. The Bertz CT molecular complexity index is 827. The number of H-pyrrole nitrogens is 1. The molecule has 0 aliphatic carbocycles. The fraction of sp³-hybridized carbons (Fsp3) is 0.143. The Morgan fingerprint density at radius 3 is 2.95 bits per heavy atom. The maximum Gasteiger partial charge on any atom is 0.205 e. The number of nitriles is 1. The zero-order chi connectivity index (χ0) is 14.1. The monoisotopic (exact) mass is 282 g/mol. The van der Waals surface area contributed by atoms with E-state index in [2.05, 4.69) is 15.0 Å². The molecule has 0 aliphatic heterocycles. The van der Waals surface area contributed by atoms with Gasteiger partial charge in [0.25, 0.3) is 0 Å². The van der Waals surface area contributed by atoms with Gasteiger partial charge in [-0.25, -0.2) is 9.97 Å². The maximum absolute atomic E-state index is 12.4. The highest BCUT2D eigenvalue weighted by Gasteiger charge is 2.25. The Morgan fingerprint density at radius 1 is 1.40 bits per heavy atom. The highest BCUT2D eigenvalue weighted by molar-refractivity contribution is 7.10. The number of fused-ring (bicyclic) bond motifs is 1.